The van der Waals surface area contributed by atoms with Crippen molar-refractivity contribution in [3.63, 3.8) is 0 Å². The SMILES string of the molecule is CCCCCc1cc(F)c2c(c1)OC(C)(C)[C@@H]1CCC(C)=C[C@@H]21. The van der Waals surface area contributed by atoms with Gasteiger partial charge in [-0.2, -0.15) is 0 Å². The van der Waals surface area contributed by atoms with E-state index in [4.69, 9.17) is 4.74 Å². The molecule has 0 unspecified atom stereocenters. The highest BCUT2D eigenvalue weighted by Crippen LogP contribution is 2.51. The zero-order valence-electron chi connectivity index (χ0n) is 14.9. The lowest BCUT2D eigenvalue weighted by atomic mass is 9.68. The first-order valence-corrected chi connectivity index (χ1v) is 9.11. The Bertz CT molecular complexity index is 615. The third-order valence-corrected chi connectivity index (χ3v) is 5.57. The van der Waals surface area contributed by atoms with Gasteiger partial charge in [-0.3, -0.25) is 0 Å². The predicted octanol–water partition coefficient (Wildman–Crippen LogP) is 6.17. The van der Waals surface area contributed by atoms with Crippen molar-refractivity contribution >= 4 is 0 Å². The minimum Gasteiger partial charge on any atom is -0.487 e. The van der Waals surface area contributed by atoms with Gasteiger partial charge in [0, 0.05) is 17.4 Å². The van der Waals surface area contributed by atoms with Crippen molar-refractivity contribution < 1.29 is 9.13 Å². The maximum atomic E-state index is 14.9. The Hall–Kier alpha value is -1.31. The Balaban J connectivity index is 1.99. The molecule has 3 rings (SSSR count). The Kier molecular flexibility index (Phi) is 4.53. The summed E-state index contributed by atoms with van der Waals surface area (Å²) in [7, 11) is 0. The van der Waals surface area contributed by atoms with Gasteiger partial charge >= 0.3 is 0 Å². The van der Waals surface area contributed by atoms with Crippen LogP contribution in [0.4, 0.5) is 4.39 Å². The fraction of sp³-hybridized carbons (Fsp3) is 0.619. The lowest BCUT2D eigenvalue weighted by Crippen LogP contribution is -2.45. The normalized spacial score (nSPS) is 25.2. The van der Waals surface area contributed by atoms with Crippen molar-refractivity contribution in [2.24, 2.45) is 5.92 Å². The van der Waals surface area contributed by atoms with Crippen LogP contribution in [0.5, 0.6) is 5.75 Å². The summed E-state index contributed by atoms with van der Waals surface area (Å²) in [6, 6.07) is 3.83. The number of fused-ring (bicyclic) bond motifs is 3. The quantitative estimate of drug-likeness (QED) is 0.477. The predicted molar refractivity (Wildman–Crippen MR) is 93.6 cm³/mol. The molecule has 1 heterocycles. The highest BCUT2D eigenvalue weighted by molar-refractivity contribution is 5.47. The zero-order valence-corrected chi connectivity index (χ0v) is 14.9. The number of benzene rings is 1. The summed E-state index contributed by atoms with van der Waals surface area (Å²) < 4.78 is 21.2. The van der Waals surface area contributed by atoms with E-state index in [1.54, 1.807) is 6.07 Å². The third kappa shape index (κ3) is 3.18. The van der Waals surface area contributed by atoms with Crippen LogP contribution >= 0.6 is 0 Å². The summed E-state index contributed by atoms with van der Waals surface area (Å²) in [6.07, 6.45) is 8.88. The summed E-state index contributed by atoms with van der Waals surface area (Å²) in [5.74, 6) is 1.21. The number of rotatable bonds is 4. The average molecular weight is 316 g/mol. The van der Waals surface area contributed by atoms with Crippen LogP contribution < -0.4 is 4.74 Å². The van der Waals surface area contributed by atoms with Crippen LogP contribution in [-0.4, -0.2) is 5.60 Å². The molecule has 126 valence electrons. The van der Waals surface area contributed by atoms with Gasteiger partial charge in [-0.05, 0) is 64.2 Å². The number of allylic oxidation sites excluding steroid dienone is 2. The minimum absolute atomic E-state index is 0.0783. The molecule has 0 saturated carbocycles. The second-order valence-electron chi connectivity index (χ2n) is 7.84. The number of aryl methyl sites for hydroxylation is 1. The number of hydrogen-bond donors (Lipinski definition) is 0. The molecule has 1 aliphatic carbocycles. The Morgan fingerprint density at radius 3 is 2.78 bits per heavy atom. The molecule has 0 amide bonds. The smallest absolute Gasteiger partial charge is 0.130 e. The summed E-state index contributed by atoms with van der Waals surface area (Å²) in [5.41, 5.74) is 3.00. The van der Waals surface area contributed by atoms with Gasteiger partial charge in [0.2, 0.25) is 0 Å². The molecular weight excluding hydrogens is 287 g/mol. The van der Waals surface area contributed by atoms with Crippen LogP contribution in [0.25, 0.3) is 0 Å². The molecule has 2 atom stereocenters. The van der Waals surface area contributed by atoms with Crippen LogP contribution in [0.15, 0.2) is 23.8 Å². The van der Waals surface area contributed by atoms with Crippen molar-refractivity contribution in [3.05, 3.63) is 40.7 Å². The molecule has 1 aromatic rings. The molecule has 2 aliphatic rings. The lowest BCUT2D eigenvalue weighted by Gasteiger charge is -2.46. The Labute approximate surface area is 139 Å². The van der Waals surface area contributed by atoms with E-state index in [0.29, 0.717) is 5.92 Å². The van der Waals surface area contributed by atoms with Gasteiger partial charge in [-0.25, -0.2) is 4.39 Å². The maximum absolute atomic E-state index is 14.9. The van der Waals surface area contributed by atoms with Crippen LogP contribution in [0.2, 0.25) is 0 Å². The first-order valence-electron chi connectivity index (χ1n) is 9.11. The molecular formula is C21H29FO. The molecule has 0 spiro atoms. The van der Waals surface area contributed by atoms with Gasteiger partial charge in [0.05, 0.1) is 0 Å². The molecule has 0 saturated heterocycles. The van der Waals surface area contributed by atoms with Crippen molar-refractivity contribution in [2.75, 3.05) is 0 Å². The van der Waals surface area contributed by atoms with E-state index < -0.39 is 0 Å². The van der Waals surface area contributed by atoms with Gasteiger partial charge in [0.15, 0.2) is 0 Å². The minimum atomic E-state index is -0.233. The highest BCUT2D eigenvalue weighted by Gasteiger charge is 2.45. The summed E-state index contributed by atoms with van der Waals surface area (Å²) in [6.45, 7) is 8.67. The van der Waals surface area contributed by atoms with Gasteiger partial charge in [0.1, 0.15) is 17.2 Å². The van der Waals surface area contributed by atoms with E-state index in [-0.39, 0.29) is 17.3 Å². The monoisotopic (exact) mass is 316 g/mol. The van der Waals surface area contributed by atoms with Crippen molar-refractivity contribution in [3.8, 4) is 5.75 Å². The van der Waals surface area contributed by atoms with E-state index in [0.717, 1.165) is 42.6 Å². The van der Waals surface area contributed by atoms with Gasteiger partial charge in [-0.1, -0.05) is 31.4 Å². The largest absolute Gasteiger partial charge is 0.487 e. The van der Waals surface area contributed by atoms with Crippen LogP contribution in [0.3, 0.4) is 0 Å². The summed E-state index contributed by atoms with van der Waals surface area (Å²) in [4.78, 5) is 0. The van der Waals surface area contributed by atoms with Gasteiger partial charge in [-0.15, -0.1) is 0 Å². The van der Waals surface area contributed by atoms with Gasteiger partial charge < -0.3 is 4.74 Å². The van der Waals surface area contributed by atoms with E-state index in [1.807, 2.05) is 0 Å². The Morgan fingerprint density at radius 2 is 2.04 bits per heavy atom. The topological polar surface area (TPSA) is 9.23 Å². The molecule has 0 bridgehead atoms. The number of ether oxygens (including phenoxy) is 1. The Morgan fingerprint density at radius 1 is 1.26 bits per heavy atom. The van der Waals surface area contributed by atoms with E-state index in [9.17, 15) is 4.39 Å². The number of hydrogen-bond acceptors (Lipinski definition) is 1. The van der Waals surface area contributed by atoms with Crippen LogP contribution in [-0.2, 0) is 6.42 Å². The first kappa shape index (κ1) is 16.5. The highest BCUT2D eigenvalue weighted by atomic mass is 19.1. The van der Waals surface area contributed by atoms with E-state index in [1.165, 1.54) is 18.4 Å². The molecule has 1 aromatic carbocycles. The molecule has 1 aliphatic heterocycles. The summed E-state index contributed by atoms with van der Waals surface area (Å²) >= 11 is 0. The average Bonchev–Trinajstić information content (AvgIpc) is 2.46. The van der Waals surface area contributed by atoms with E-state index >= 15 is 0 Å². The maximum Gasteiger partial charge on any atom is 0.130 e. The van der Waals surface area contributed by atoms with Gasteiger partial charge in [0.25, 0.3) is 0 Å². The van der Waals surface area contributed by atoms with Crippen LogP contribution in [0, 0.1) is 11.7 Å². The third-order valence-electron chi connectivity index (χ3n) is 5.57. The van der Waals surface area contributed by atoms with Crippen molar-refractivity contribution in [1.82, 2.24) is 0 Å². The lowest BCUT2D eigenvalue weighted by molar-refractivity contribution is 0.0102. The van der Waals surface area contributed by atoms with E-state index in [2.05, 4.69) is 39.8 Å². The summed E-state index contributed by atoms with van der Waals surface area (Å²) in [5, 5.41) is 0. The molecule has 2 heteroatoms. The standard InChI is InChI=1S/C21H29FO/c1-5-6-7-8-15-12-18(22)20-16-11-14(2)9-10-17(16)21(3,4)23-19(20)13-15/h11-13,16-17H,5-10H2,1-4H3/t16-,17-/m1/s1. The fourth-order valence-corrected chi connectivity index (χ4v) is 4.27. The molecule has 0 fully saturated rings. The molecule has 1 nitrogen and oxygen atoms in total. The second-order valence-corrected chi connectivity index (χ2v) is 7.84. The molecule has 0 N–H and O–H groups in total. The fourth-order valence-electron chi connectivity index (χ4n) is 4.27. The first-order chi connectivity index (χ1) is 10.9. The molecule has 23 heavy (non-hydrogen) atoms. The zero-order chi connectivity index (χ0) is 16.6. The van der Waals surface area contributed by atoms with Crippen molar-refractivity contribution in [1.29, 1.82) is 0 Å². The number of unbranched alkanes of at least 4 members (excludes halogenated alkanes) is 2. The van der Waals surface area contributed by atoms with Crippen molar-refractivity contribution in [2.45, 2.75) is 77.7 Å². The number of halogens is 1. The molecule has 0 radical (unpaired) electrons. The second kappa shape index (κ2) is 6.30. The van der Waals surface area contributed by atoms with Crippen LogP contribution in [0.1, 0.15) is 76.8 Å². The molecule has 0 aromatic heterocycles.